The standard InChI is InChI=1S/C19H20N4O2/c1-2-24-19-14(5-3-8-20-19)12-23-9-7-16-15(13-23)11-21-18(22-16)17-6-4-10-25-17/h3-6,8,10-11H,2,7,9,12-13H2,1H3. The Kier molecular flexibility index (Phi) is 4.43. The maximum absolute atomic E-state index is 5.63. The number of nitrogens with zero attached hydrogens (tertiary/aromatic N) is 4. The van der Waals surface area contributed by atoms with E-state index in [1.165, 1.54) is 5.56 Å². The third kappa shape index (κ3) is 3.39. The van der Waals surface area contributed by atoms with Crippen LogP contribution in [0.25, 0.3) is 11.6 Å². The van der Waals surface area contributed by atoms with Crippen molar-refractivity contribution in [2.75, 3.05) is 13.2 Å². The molecule has 0 aliphatic carbocycles. The summed E-state index contributed by atoms with van der Waals surface area (Å²) < 4.78 is 11.0. The fourth-order valence-electron chi connectivity index (χ4n) is 3.09. The van der Waals surface area contributed by atoms with Gasteiger partial charge in [-0.2, -0.15) is 0 Å². The summed E-state index contributed by atoms with van der Waals surface area (Å²) in [5.41, 5.74) is 3.39. The van der Waals surface area contributed by atoms with Crippen molar-refractivity contribution in [3.05, 3.63) is 59.7 Å². The lowest BCUT2D eigenvalue weighted by atomic mass is 10.1. The van der Waals surface area contributed by atoms with Gasteiger partial charge in [-0.3, -0.25) is 4.90 Å². The number of aromatic nitrogens is 3. The Hall–Kier alpha value is -2.73. The van der Waals surface area contributed by atoms with Crippen LogP contribution < -0.4 is 4.74 Å². The first-order valence-electron chi connectivity index (χ1n) is 8.51. The van der Waals surface area contributed by atoms with E-state index in [-0.39, 0.29) is 0 Å². The van der Waals surface area contributed by atoms with Crippen molar-refractivity contribution in [1.29, 1.82) is 0 Å². The molecule has 128 valence electrons. The van der Waals surface area contributed by atoms with E-state index < -0.39 is 0 Å². The van der Waals surface area contributed by atoms with Gasteiger partial charge in [0.25, 0.3) is 0 Å². The molecule has 0 unspecified atom stereocenters. The second-order valence-electron chi connectivity index (χ2n) is 6.00. The number of rotatable bonds is 5. The Bertz CT molecular complexity index is 848. The summed E-state index contributed by atoms with van der Waals surface area (Å²) in [5, 5.41) is 0. The molecule has 0 saturated carbocycles. The highest BCUT2D eigenvalue weighted by molar-refractivity contribution is 5.47. The van der Waals surface area contributed by atoms with E-state index in [9.17, 15) is 0 Å². The summed E-state index contributed by atoms with van der Waals surface area (Å²) in [6.45, 7) is 5.18. The average Bonchev–Trinajstić information content (AvgIpc) is 3.18. The lowest BCUT2D eigenvalue weighted by molar-refractivity contribution is 0.235. The maximum Gasteiger partial charge on any atom is 0.217 e. The molecule has 6 nitrogen and oxygen atoms in total. The molecule has 0 radical (unpaired) electrons. The predicted molar refractivity (Wildman–Crippen MR) is 93.0 cm³/mol. The Morgan fingerprint density at radius 3 is 3.04 bits per heavy atom. The first kappa shape index (κ1) is 15.8. The van der Waals surface area contributed by atoms with Gasteiger partial charge in [0.15, 0.2) is 11.6 Å². The number of pyridine rings is 1. The van der Waals surface area contributed by atoms with Gasteiger partial charge in [-0.15, -0.1) is 0 Å². The molecule has 0 bridgehead atoms. The Morgan fingerprint density at radius 1 is 1.24 bits per heavy atom. The predicted octanol–water partition coefficient (Wildman–Crippen LogP) is 3.09. The summed E-state index contributed by atoms with van der Waals surface area (Å²) in [6, 6.07) is 7.76. The average molecular weight is 336 g/mol. The molecule has 0 fully saturated rings. The summed E-state index contributed by atoms with van der Waals surface area (Å²) in [4.78, 5) is 15.8. The Balaban J connectivity index is 1.50. The summed E-state index contributed by atoms with van der Waals surface area (Å²) >= 11 is 0. The van der Waals surface area contributed by atoms with E-state index in [0.717, 1.165) is 43.2 Å². The number of hydrogen-bond donors (Lipinski definition) is 0. The van der Waals surface area contributed by atoms with Crippen LogP contribution in [0.15, 0.2) is 47.3 Å². The van der Waals surface area contributed by atoms with E-state index in [0.29, 0.717) is 18.2 Å². The summed E-state index contributed by atoms with van der Waals surface area (Å²) in [5.74, 6) is 2.09. The van der Waals surface area contributed by atoms with Crippen LogP contribution >= 0.6 is 0 Å². The molecule has 1 aliphatic heterocycles. The molecular formula is C19H20N4O2. The van der Waals surface area contributed by atoms with Gasteiger partial charge < -0.3 is 9.15 Å². The monoisotopic (exact) mass is 336 g/mol. The number of furan rings is 1. The minimum absolute atomic E-state index is 0.621. The van der Waals surface area contributed by atoms with E-state index in [2.05, 4.69) is 25.9 Å². The zero-order chi connectivity index (χ0) is 17.1. The molecule has 6 heteroatoms. The quantitative estimate of drug-likeness (QED) is 0.713. The molecular weight excluding hydrogens is 316 g/mol. The van der Waals surface area contributed by atoms with Gasteiger partial charge in [-0.05, 0) is 25.1 Å². The van der Waals surface area contributed by atoms with E-state index >= 15 is 0 Å². The summed E-state index contributed by atoms with van der Waals surface area (Å²) in [6.07, 6.45) is 6.22. The topological polar surface area (TPSA) is 64.3 Å². The van der Waals surface area contributed by atoms with Gasteiger partial charge in [0, 0.05) is 49.6 Å². The molecule has 0 amide bonds. The van der Waals surface area contributed by atoms with Crippen molar-refractivity contribution in [2.45, 2.75) is 26.4 Å². The molecule has 4 rings (SSSR count). The van der Waals surface area contributed by atoms with Crippen LogP contribution in [0.1, 0.15) is 23.7 Å². The highest BCUT2D eigenvalue weighted by atomic mass is 16.5. The zero-order valence-corrected chi connectivity index (χ0v) is 14.2. The molecule has 0 spiro atoms. The number of fused-ring (bicyclic) bond motifs is 1. The highest BCUT2D eigenvalue weighted by Gasteiger charge is 2.20. The van der Waals surface area contributed by atoms with Crippen molar-refractivity contribution >= 4 is 0 Å². The molecule has 0 aromatic carbocycles. The molecule has 3 aromatic heterocycles. The van der Waals surface area contributed by atoms with Crippen LogP contribution in [0.4, 0.5) is 0 Å². The van der Waals surface area contributed by atoms with Crippen LogP contribution in [0.3, 0.4) is 0 Å². The molecule has 0 saturated heterocycles. The highest BCUT2D eigenvalue weighted by Crippen LogP contribution is 2.24. The lowest BCUT2D eigenvalue weighted by Crippen LogP contribution is -2.31. The number of hydrogen-bond acceptors (Lipinski definition) is 6. The van der Waals surface area contributed by atoms with Gasteiger partial charge in [-0.1, -0.05) is 6.07 Å². The minimum Gasteiger partial charge on any atom is -0.478 e. The van der Waals surface area contributed by atoms with E-state index in [4.69, 9.17) is 9.15 Å². The van der Waals surface area contributed by atoms with Crippen molar-refractivity contribution in [1.82, 2.24) is 19.9 Å². The second kappa shape index (κ2) is 7.03. The second-order valence-corrected chi connectivity index (χ2v) is 6.00. The molecule has 0 atom stereocenters. The van der Waals surface area contributed by atoms with Crippen molar-refractivity contribution in [3.8, 4) is 17.5 Å². The first-order chi connectivity index (χ1) is 12.3. The Labute approximate surface area is 146 Å². The third-order valence-corrected chi connectivity index (χ3v) is 4.28. The fourth-order valence-corrected chi connectivity index (χ4v) is 3.09. The Morgan fingerprint density at radius 2 is 2.20 bits per heavy atom. The van der Waals surface area contributed by atoms with Gasteiger partial charge in [0.1, 0.15) is 0 Å². The van der Waals surface area contributed by atoms with Crippen LogP contribution in [0.2, 0.25) is 0 Å². The fraction of sp³-hybridized carbons (Fsp3) is 0.316. The van der Waals surface area contributed by atoms with E-state index in [1.807, 2.05) is 31.3 Å². The molecule has 3 aromatic rings. The zero-order valence-electron chi connectivity index (χ0n) is 14.2. The number of ether oxygens (including phenoxy) is 1. The van der Waals surface area contributed by atoms with Crippen molar-refractivity contribution in [3.63, 3.8) is 0 Å². The molecule has 1 aliphatic rings. The molecule has 25 heavy (non-hydrogen) atoms. The van der Waals surface area contributed by atoms with Crippen molar-refractivity contribution in [2.24, 2.45) is 0 Å². The van der Waals surface area contributed by atoms with E-state index in [1.54, 1.807) is 12.5 Å². The molecule has 0 N–H and O–H groups in total. The molecule has 4 heterocycles. The first-order valence-corrected chi connectivity index (χ1v) is 8.51. The smallest absolute Gasteiger partial charge is 0.217 e. The van der Waals surface area contributed by atoms with Crippen LogP contribution in [0.5, 0.6) is 5.88 Å². The van der Waals surface area contributed by atoms with Gasteiger partial charge in [0.05, 0.1) is 18.6 Å². The van der Waals surface area contributed by atoms with Crippen LogP contribution in [-0.2, 0) is 19.5 Å². The lowest BCUT2D eigenvalue weighted by Gasteiger charge is -2.28. The summed E-state index contributed by atoms with van der Waals surface area (Å²) in [7, 11) is 0. The van der Waals surface area contributed by atoms with Gasteiger partial charge >= 0.3 is 0 Å². The SMILES string of the molecule is CCOc1ncccc1CN1CCc2nc(-c3ccco3)ncc2C1. The third-order valence-electron chi connectivity index (χ3n) is 4.28. The van der Waals surface area contributed by atoms with Crippen molar-refractivity contribution < 1.29 is 9.15 Å². The van der Waals surface area contributed by atoms with Crippen LogP contribution in [-0.4, -0.2) is 33.0 Å². The normalized spacial score (nSPS) is 14.3. The minimum atomic E-state index is 0.621. The van der Waals surface area contributed by atoms with Crippen LogP contribution in [0, 0.1) is 0 Å². The largest absolute Gasteiger partial charge is 0.478 e. The van der Waals surface area contributed by atoms with Gasteiger partial charge in [0.2, 0.25) is 5.88 Å². The maximum atomic E-state index is 5.63. The van der Waals surface area contributed by atoms with Gasteiger partial charge in [-0.25, -0.2) is 15.0 Å².